The quantitative estimate of drug-likeness (QED) is 0.382. The monoisotopic (exact) mass is 494 g/mol. The zero-order chi connectivity index (χ0) is 19.3. The highest BCUT2D eigenvalue weighted by Gasteiger charge is 2.60. The van der Waals surface area contributed by atoms with Crippen LogP contribution in [0.5, 0.6) is 0 Å². The average molecular weight is 494 g/mol. The number of halogens is 1. The Bertz CT molecular complexity index is 1030. The molecule has 2 saturated heterocycles. The van der Waals surface area contributed by atoms with Crippen molar-refractivity contribution in [2.24, 2.45) is 0 Å². The lowest BCUT2D eigenvalue weighted by molar-refractivity contribution is -0.130. The average Bonchev–Trinajstić information content (AvgIpc) is 3.36. The number of aliphatic hydroxyl groups is 2. The molecule has 2 aliphatic heterocycles. The summed E-state index contributed by atoms with van der Waals surface area (Å²) in [5.74, 6) is 0.635. The number of nitrogens with one attached hydrogen (secondary N) is 2. The molecule has 28 heavy (non-hydrogen) atoms. The number of nitrogens with zero attached hydrogens (tertiary/aromatic N) is 4. The Morgan fingerprint density at radius 1 is 1.36 bits per heavy atom. The van der Waals surface area contributed by atoms with Gasteiger partial charge in [-0.2, -0.15) is 0 Å². The molecule has 1 unspecified atom stereocenters. The van der Waals surface area contributed by atoms with Gasteiger partial charge in [-0.05, 0) is 40.3 Å². The number of aliphatic hydroxyl groups excluding tert-OH is 2. The van der Waals surface area contributed by atoms with E-state index >= 15 is 0 Å². The number of hydrogen-bond donors (Lipinski definition) is 4. The molecular formula is C18H19IN6O3. The highest BCUT2D eigenvalue weighted by atomic mass is 127. The molecule has 3 aromatic rings. The molecule has 2 bridgehead atoms. The minimum Gasteiger partial charge on any atom is -0.393 e. The molecule has 0 aliphatic carbocycles. The van der Waals surface area contributed by atoms with Crippen LogP contribution in [0, 0.1) is 3.57 Å². The first-order valence-electron chi connectivity index (χ1n) is 8.97. The van der Waals surface area contributed by atoms with Gasteiger partial charge in [0.05, 0.1) is 19.0 Å². The third-order valence-electron chi connectivity index (χ3n) is 5.43. The Morgan fingerprint density at radius 2 is 2.25 bits per heavy atom. The van der Waals surface area contributed by atoms with Crippen LogP contribution in [0.3, 0.4) is 0 Å². The Morgan fingerprint density at radius 3 is 3.04 bits per heavy atom. The van der Waals surface area contributed by atoms with Gasteiger partial charge < -0.3 is 25.6 Å². The molecular weight excluding hydrogens is 475 g/mol. The van der Waals surface area contributed by atoms with Crippen molar-refractivity contribution in [2.75, 3.05) is 18.5 Å². The first-order chi connectivity index (χ1) is 13.6. The molecule has 4 heterocycles. The first-order valence-corrected chi connectivity index (χ1v) is 10.1. The number of rotatable bonds is 5. The fourth-order valence-electron chi connectivity index (χ4n) is 3.93. The zero-order valence-corrected chi connectivity index (χ0v) is 16.9. The minimum absolute atomic E-state index is 0.252. The van der Waals surface area contributed by atoms with Gasteiger partial charge >= 0.3 is 0 Å². The number of benzene rings is 1. The van der Waals surface area contributed by atoms with Crippen molar-refractivity contribution < 1.29 is 14.9 Å². The fraction of sp³-hybridized carbons (Fsp3) is 0.389. The number of ether oxygens (including phenoxy) is 1. The van der Waals surface area contributed by atoms with Crippen molar-refractivity contribution in [3.05, 3.63) is 46.1 Å². The minimum atomic E-state index is -0.982. The Kier molecular flexibility index (Phi) is 4.47. The second-order valence-corrected chi connectivity index (χ2v) is 8.36. The molecule has 0 radical (unpaired) electrons. The van der Waals surface area contributed by atoms with Gasteiger partial charge in [-0.3, -0.25) is 4.57 Å². The van der Waals surface area contributed by atoms with Crippen LogP contribution in [0.1, 0.15) is 11.8 Å². The first kappa shape index (κ1) is 18.2. The number of anilines is 1. The van der Waals surface area contributed by atoms with Gasteiger partial charge in [-0.15, -0.1) is 0 Å². The van der Waals surface area contributed by atoms with Crippen LogP contribution in [0.4, 0.5) is 5.82 Å². The summed E-state index contributed by atoms with van der Waals surface area (Å²) >= 11 is 2.29. The van der Waals surface area contributed by atoms with Crippen LogP contribution in [0.2, 0.25) is 0 Å². The predicted octanol–water partition coefficient (Wildman–Crippen LogP) is 0.636. The van der Waals surface area contributed by atoms with Gasteiger partial charge in [0.25, 0.3) is 0 Å². The SMILES string of the molecule is OC[C@@]12CN[C@H](C1O)[C@H](n1cnc3c(NCc4cccc(I)c4)ncnc31)O2. The van der Waals surface area contributed by atoms with E-state index in [1.165, 1.54) is 9.90 Å². The van der Waals surface area contributed by atoms with E-state index in [0.717, 1.165) is 5.56 Å². The van der Waals surface area contributed by atoms with Gasteiger partial charge in [-0.25, -0.2) is 15.0 Å². The summed E-state index contributed by atoms with van der Waals surface area (Å²) in [5.41, 5.74) is 1.41. The van der Waals surface area contributed by atoms with E-state index < -0.39 is 17.9 Å². The molecule has 2 aromatic heterocycles. The van der Waals surface area contributed by atoms with Gasteiger partial charge in [0, 0.05) is 16.7 Å². The van der Waals surface area contributed by atoms with Gasteiger partial charge in [0.2, 0.25) is 0 Å². The van der Waals surface area contributed by atoms with E-state index in [1.807, 2.05) is 12.1 Å². The zero-order valence-electron chi connectivity index (χ0n) is 14.8. The molecule has 5 rings (SSSR count). The molecule has 2 aliphatic rings. The van der Waals surface area contributed by atoms with Crippen molar-refractivity contribution in [2.45, 2.75) is 30.5 Å². The third kappa shape index (κ3) is 2.78. The molecule has 4 atom stereocenters. The van der Waals surface area contributed by atoms with Crippen LogP contribution >= 0.6 is 22.6 Å². The lowest BCUT2D eigenvalue weighted by Crippen LogP contribution is -2.46. The highest BCUT2D eigenvalue weighted by Crippen LogP contribution is 2.42. The summed E-state index contributed by atoms with van der Waals surface area (Å²) in [6.07, 6.45) is 1.83. The van der Waals surface area contributed by atoms with Crippen LogP contribution in [-0.2, 0) is 11.3 Å². The number of fused-ring (bicyclic) bond motifs is 3. The van der Waals surface area contributed by atoms with Crippen molar-refractivity contribution >= 4 is 39.6 Å². The molecule has 2 fully saturated rings. The number of imidazole rings is 1. The molecule has 1 aromatic carbocycles. The van der Waals surface area contributed by atoms with E-state index in [9.17, 15) is 10.2 Å². The van der Waals surface area contributed by atoms with Gasteiger partial charge in [0.1, 0.15) is 18.0 Å². The second-order valence-electron chi connectivity index (χ2n) is 7.11. The standard InChI is InChI=1S/C18H19IN6O3/c19-11-3-1-2-10(4-11)5-20-15-13-16(23-8-22-15)25(9-24-13)17-12-14(27)18(7-26,28-17)6-21-12/h1-4,8-9,12,14,17,21,26-27H,5-7H2,(H,20,22,23)/t12-,14?,17-,18+/m1/s1. The Hall–Kier alpha value is -1.86. The van der Waals surface area contributed by atoms with E-state index in [0.29, 0.717) is 30.1 Å². The van der Waals surface area contributed by atoms with Gasteiger partial charge in [0.15, 0.2) is 23.2 Å². The summed E-state index contributed by atoms with van der Waals surface area (Å²) in [6, 6.07) is 7.89. The van der Waals surface area contributed by atoms with Crippen molar-refractivity contribution in [1.29, 1.82) is 0 Å². The van der Waals surface area contributed by atoms with Crippen LogP contribution in [0.15, 0.2) is 36.9 Å². The maximum absolute atomic E-state index is 10.5. The van der Waals surface area contributed by atoms with Crippen LogP contribution in [-0.4, -0.2) is 60.6 Å². The summed E-state index contributed by atoms with van der Waals surface area (Å²) < 4.78 is 8.98. The van der Waals surface area contributed by atoms with E-state index in [1.54, 1.807) is 10.9 Å². The van der Waals surface area contributed by atoms with Crippen molar-refractivity contribution in [1.82, 2.24) is 24.8 Å². The summed E-state index contributed by atoms with van der Waals surface area (Å²) in [6.45, 7) is 0.779. The summed E-state index contributed by atoms with van der Waals surface area (Å²) in [7, 11) is 0. The number of morpholine rings is 1. The maximum atomic E-state index is 10.5. The molecule has 146 valence electrons. The fourth-order valence-corrected chi connectivity index (χ4v) is 4.54. The Balaban J connectivity index is 1.43. The van der Waals surface area contributed by atoms with Crippen molar-refractivity contribution in [3.63, 3.8) is 0 Å². The predicted molar refractivity (Wildman–Crippen MR) is 110 cm³/mol. The smallest absolute Gasteiger partial charge is 0.167 e. The number of hydrogen-bond acceptors (Lipinski definition) is 8. The second kappa shape index (κ2) is 6.88. The number of aromatic nitrogens is 4. The summed E-state index contributed by atoms with van der Waals surface area (Å²) in [5, 5.41) is 26.7. The molecule has 9 nitrogen and oxygen atoms in total. The van der Waals surface area contributed by atoms with Crippen LogP contribution in [0.25, 0.3) is 11.2 Å². The third-order valence-corrected chi connectivity index (χ3v) is 6.10. The van der Waals surface area contributed by atoms with E-state index in [4.69, 9.17) is 4.74 Å². The molecule has 0 saturated carbocycles. The molecule has 0 amide bonds. The lowest BCUT2D eigenvalue weighted by atomic mass is 10.0. The lowest BCUT2D eigenvalue weighted by Gasteiger charge is -2.30. The van der Waals surface area contributed by atoms with E-state index in [2.05, 4.69) is 60.3 Å². The van der Waals surface area contributed by atoms with E-state index in [-0.39, 0.29) is 12.6 Å². The van der Waals surface area contributed by atoms with Crippen molar-refractivity contribution in [3.8, 4) is 0 Å². The molecule has 10 heteroatoms. The normalized spacial score (nSPS) is 28.9. The maximum Gasteiger partial charge on any atom is 0.167 e. The summed E-state index contributed by atoms with van der Waals surface area (Å²) in [4.78, 5) is 13.2. The Labute approximate surface area is 174 Å². The largest absolute Gasteiger partial charge is 0.393 e. The molecule has 4 N–H and O–H groups in total. The topological polar surface area (TPSA) is 117 Å². The van der Waals surface area contributed by atoms with Crippen LogP contribution < -0.4 is 10.6 Å². The molecule has 0 spiro atoms. The highest BCUT2D eigenvalue weighted by molar-refractivity contribution is 14.1. The van der Waals surface area contributed by atoms with Gasteiger partial charge in [-0.1, -0.05) is 12.1 Å².